The Labute approximate surface area is 218 Å². The van der Waals surface area contributed by atoms with E-state index in [2.05, 4.69) is 15.9 Å². The van der Waals surface area contributed by atoms with Gasteiger partial charge in [0.05, 0.1) is 19.4 Å². The SMILES string of the molecule is CCOP(=O)(Cc1cc(Br)cc(CC2C(=O)N(C)C(C(C)(C)C)N2C(=O)OC(C)(C)C)c1)OCC. The Morgan fingerprint density at radius 3 is 2.06 bits per heavy atom. The Hall–Kier alpha value is -1.41. The average Bonchev–Trinajstić information content (AvgIpc) is 2.91. The molecule has 8 nitrogen and oxygen atoms in total. The lowest BCUT2D eigenvalue weighted by Crippen LogP contribution is -2.52. The first-order chi connectivity index (χ1) is 16.0. The molecule has 35 heavy (non-hydrogen) atoms. The third-order valence-electron chi connectivity index (χ3n) is 5.45. The predicted molar refractivity (Wildman–Crippen MR) is 140 cm³/mol. The second kappa shape index (κ2) is 11.3. The monoisotopic (exact) mass is 574 g/mol. The first kappa shape index (κ1) is 29.8. The third-order valence-corrected chi connectivity index (χ3v) is 7.97. The Bertz CT molecular complexity index is 962. The molecule has 0 radical (unpaired) electrons. The van der Waals surface area contributed by atoms with E-state index in [1.54, 1.807) is 30.7 Å². The van der Waals surface area contributed by atoms with Crippen molar-refractivity contribution in [2.75, 3.05) is 20.3 Å². The van der Waals surface area contributed by atoms with Crippen molar-refractivity contribution in [3.05, 3.63) is 33.8 Å². The lowest BCUT2D eigenvalue weighted by molar-refractivity contribution is -0.129. The van der Waals surface area contributed by atoms with Gasteiger partial charge in [-0.3, -0.25) is 14.3 Å². The van der Waals surface area contributed by atoms with Gasteiger partial charge in [0.15, 0.2) is 0 Å². The number of halogens is 1. The fourth-order valence-corrected chi connectivity index (χ4v) is 6.71. The standard InChI is InChI=1S/C25H40BrN2O6P/c1-10-32-35(31,33-11-2)16-18-12-17(13-19(26)14-18)15-20-21(29)27(9)22(24(3,4)5)28(20)23(30)34-25(6,7)8/h12-14,20,22H,10-11,15-16H2,1-9H3. The minimum atomic E-state index is -3.30. The highest BCUT2D eigenvalue weighted by atomic mass is 79.9. The highest BCUT2D eigenvalue weighted by Gasteiger charge is 2.52. The Morgan fingerprint density at radius 2 is 1.57 bits per heavy atom. The number of ether oxygens (including phenoxy) is 1. The Kier molecular flexibility index (Phi) is 9.65. The van der Waals surface area contributed by atoms with Crippen LogP contribution >= 0.6 is 23.5 Å². The maximum atomic E-state index is 13.4. The molecule has 1 aliphatic rings. The third kappa shape index (κ3) is 7.78. The van der Waals surface area contributed by atoms with Crippen LogP contribution in [0.15, 0.2) is 22.7 Å². The van der Waals surface area contributed by atoms with Gasteiger partial charge < -0.3 is 18.7 Å². The van der Waals surface area contributed by atoms with E-state index in [1.165, 1.54) is 0 Å². The lowest BCUT2D eigenvalue weighted by Gasteiger charge is -2.39. The summed E-state index contributed by atoms with van der Waals surface area (Å²) in [5.41, 5.74) is 0.496. The molecule has 0 aromatic heterocycles. The van der Waals surface area contributed by atoms with Crippen LogP contribution in [0.3, 0.4) is 0 Å². The van der Waals surface area contributed by atoms with E-state index in [-0.39, 0.29) is 37.1 Å². The first-order valence-electron chi connectivity index (χ1n) is 12.0. The normalized spacial score (nSPS) is 19.4. The molecule has 1 aliphatic heterocycles. The number of nitrogens with zero attached hydrogens (tertiary/aromatic N) is 2. The van der Waals surface area contributed by atoms with E-state index in [1.807, 2.05) is 59.7 Å². The maximum absolute atomic E-state index is 13.4. The van der Waals surface area contributed by atoms with Gasteiger partial charge in [-0.2, -0.15) is 0 Å². The highest BCUT2D eigenvalue weighted by molar-refractivity contribution is 9.10. The van der Waals surface area contributed by atoms with Gasteiger partial charge in [-0.05, 0) is 57.9 Å². The van der Waals surface area contributed by atoms with Crippen molar-refractivity contribution in [3.8, 4) is 0 Å². The molecule has 0 spiro atoms. The zero-order valence-electron chi connectivity index (χ0n) is 22.4. The molecule has 198 valence electrons. The van der Waals surface area contributed by atoms with Gasteiger partial charge in [-0.15, -0.1) is 0 Å². The summed E-state index contributed by atoms with van der Waals surface area (Å²) in [4.78, 5) is 29.9. The number of hydrogen-bond donors (Lipinski definition) is 0. The minimum Gasteiger partial charge on any atom is -0.444 e. The second-order valence-electron chi connectivity index (χ2n) is 10.9. The van der Waals surface area contributed by atoms with Crippen molar-refractivity contribution < 1.29 is 27.9 Å². The quantitative estimate of drug-likeness (QED) is 0.343. The summed E-state index contributed by atoms with van der Waals surface area (Å²) in [5, 5.41) is 0. The van der Waals surface area contributed by atoms with Crippen LogP contribution in [-0.2, 0) is 35.7 Å². The summed E-state index contributed by atoms with van der Waals surface area (Å²) in [6.07, 6.45) is -0.583. The molecule has 1 fully saturated rings. The van der Waals surface area contributed by atoms with E-state index in [9.17, 15) is 14.2 Å². The molecule has 1 saturated heterocycles. The van der Waals surface area contributed by atoms with Crippen LogP contribution in [0, 0.1) is 5.41 Å². The van der Waals surface area contributed by atoms with Crippen molar-refractivity contribution in [1.82, 2.24) is 9.80 Å². The second-order valence-corrected chi connectivity index (χ2v) is 13.8. The first-order valence-corrected chi connectivity index (χ1v) is 14.5. The fourth-order valence-electron chi connectivity index (χ4n) is 4.45. The van der Waals surface area contributed by atoms with Crippen LogP contribution in [0.25, 0.3) is 0 Å². The van der Waals surface area contributed by atoms with Gasteiger partial charge in [0.2, 0.25) is 5.91 Å². The van der Waals surface area contributed by atoms with Crippen LogP contribution in [0.1, 0.15) is 66.5 Å². The van der Waals surface area contributed by atoms with E-state index >= 15 is 0 Å². The van der Waals surface area contributed by atoms with Crippen molar-refractivity contribution in [1.29, 1.82) is 0 Å². The van der Waals surface area contributed by atoms with Gasteiger partial charge in [0, 0.05) is 23.4 Å². The number of carbonyl (C=O) groups excluding carboxylic acids is 2. The number of benzene rings is 1. The van der Waals surface area contributed by atoms with Crippen molar-refractivity contribution in [2.24, 2.45) is 5.41 Å². The highest BCUT2D eigenvalue weighted by Crippen LogP contribution is 2.51. The number of amides is 2. The van der Waals surface area contributed by atoms with Crippen LogP contribution in [0.4, 0.5) is 4.79 Å². The molecule has 0 N–H and O–H groups in total. The summed E-state index contributed by atoms with van der Waals surface area (Å²) in [6.45, 7) is 15.5. The smallest absolute Gasteiger partial charge is 0.412 e. The van der Waals surface area contributed by atoms with Crippen molar-refractivity contribution in [2.45, 2.75) is 85.8 Å². The van der Waals surface area contributed by atoms with Gasteiger partial charge in [0.25, 0.3) is 0 Å². The predicted octanol–water partition coefficient (Wildman–Crippen LogP) is 6.21. The number of likely N-dealkylation sites (N-methyl/N-ethyl adjacent to an activating group) is 1. The summed E-state index contributed by atoms with van der Waals surface area (Å²) >= 11 is 3.53. The topological polar surface area (TPSA) is 85.4 Å². The molecule has 10 heteroatoms. The zero-order chi connectivity index (χ0) is 26.8. The molecule has 2 amide bonds. The molecule has 2 rings (SSSR count). The number of rotatable bonds is 8. The summed E-state index contributed by atoms with van der Waals surface area (Å²) in [6, 6.07) is 4.92. The molecule has 2 atom stereocenters. The molecular formula is C25H40BrN2O6P. The van der Waals surface area contributed by atoms with Gasteiger partial charge in [0.1, 0.15) is 17.8 Å². The number of carbonyl (C=O) groups is 2. The Balaban J connectivity index is 2.44. The zero-order valence-corrected chi connectivity index (χ0v) is 24.9. The average molecular weight is 575 g/mol. The molecule has 0 saturated carbocycles. The van der Waals surface area contributed by atoms with Gasteiger partial charge in [-0.1, -0.05) is 42.8 Å². The molecule has 0 aliphatic carbocycles. The largest absolute Gasteiger partial charge is 0.444 e. The van der Waals surface area contributed by atoms with Gasteiger partial charge in [-0.25, -0.2) is 4.79 Å². The summed E-state index contributed by atoms with van der Waals surface area (Å²) in [7, 11) is -1.58. The summed E-state index contributed by atoms with van der Waals surface area (Å²) < 4.78 is 30.5. The summed E-state index contributed by atoms with van der Waals surface area (Å²) in [5.74, 6) is -0.147. The van der Waals surface area contributed by atoms with Gasteiger partial charge >= 0.3 is 13.7 Å². The van der Waals surface area contributed by atoms with E-state index in [4.69, 9.17) is 13.8 Å². The van der Waals surface area contributed by atoms with E-state index in [0.29, 0.717) is 0 Å². The van der Waals surface area contributed by atoms with Crippen molar-refractivity contribution in [3.63, 3.8) is 0 Å². The Morgan fingerprint density at radius 1 is 1.03 bits per heavy atom. The molecule has 2 unspecified atom stereocenters. The van der Waals surface area contributed by atoms with Crippen LogP contribution in [-0.4, -0.2) is 59.9 Å². The molecule has 0 bridgehead atoms. The molecule has 1 heterocycles. The maximum Gasteiger partial charge on any atom is 0.412 e. The van der Waals surface area contributed by atoms with Crippen LogP contribution in [0.5, 0.6) is 0 Å². The molecule has 1 aromatic carbocycles. The van der Waals surface area contributed by atoms with E-state index < -0.39 is 31.5 Å². The number of hydrogen-bond acceptors (Lipinski definition) is 6. The fraction of sp³-hybridized carbons (Fsp3) is 0.680. The van der Waals surface area contributed by atoms with Crippen molar-refractivity contribution >= 4 is 35.5 Å². The van der Waals surface area contributed by atoms with Crippen LogP contribution < -0.4 is 0 Å². The minimum absolute atomic E-state index is 0.111. The molecule has 1 aromatic rings. The van der Waals surface area contributed by atoms with Crippen LogP contribution in [0.2, 0.25) is 0 Å². The lowest BCUT2D eigenvalue weighted by atomic mass is 9.91. The van der Waals surface area contributed by atoms with E-state index in [0.717, 1.165) is 15.6 Å². The molecular weight excluding hydrogens is 535 g/mol.